The summed E-state index contributed by atoms with van der Waals surface area (Å²) in [5.74, 6) is -6.96. The number of carboxylic acids is 2. The largest absolute Gasteiger partial charge is 0.481 e. The zero-order chi connectivity index (χ0) is 24.3. The second kappa shape index (κ2) is 13.4. The maximum absolute atomic E-state index is 12.7. The van der Waals surface area contributed by atoms with Gasteiger partial charge in [-0.15, -0.1) is 0 Å². The minimum absolute atomic E-state index is 0.237. The Morgan fingerprint density at radius 1 is 0.903 bits per heavy atom. The Bertz CT molecular complexity index is 704. The van der Waals surface area contributed by atoms with Crippen LogP contribution in [-0.2, 0) is 28.8 Å². The summed E-state index contributed by atoms with van der Waals surface area (Å²) in [7, 11) is 0. The van der Waals surface area contributed by atoms with Gasteiger partial charge < -0.3 is 37.6 Å². The highest BCUT2D eigenvalue weighted by Crippen LogP contribution is 2.09. The van der Waals surface area contributed by atoms with Crippen LogP contribution in [0.1, 0.15) is 33.1 Å². The first-order valence-electron chi connectivity index (χ1n) is 9.34. The monoisotopic (exact) mass is 463 g/mol. The van der Waals surface area contributed by atoms with E-state index in [0.717, 1.165) is 0 Å². The van der Waals surface area contributed by atoms with E-state index < -0.39 is 78.5 Å². The number of nitrogens with one attached hydrogen (secondary N) is 3. The molecule has 5 unspecified atom stereocenters. The molecule has 0 rings (SSSR count). The Labute approximate surface area is 184 Å². The third-order valence-corrected chi connectivity index (χ3v) is 4.73. The van der Waals surface area contributed by atoms with Crippen molar-refractivity contribution in [3.63, 3.8) is 0 Å². The van der Waals surface area contributed by atoms with Crippen LogP contribution in [0.25, 0.3) is 0 Å². The van der Waals surface area contributed by atoms with Gasteiger partial charge in [0.05, 0.1) is 18.9 Å². The van der Waals surface area contributed by atoms with E-state index in [0.29, 0.717) is 6.42 Å². The maximum atomic E-state index is 12.7. The van der Waals surface area contributed by atoms with Crippen molar-refractivity contribution < 1.29 is 39.0 Å². The Morgan fingerprint density at radius 3 is 1.87 bits per heavy atom. The zero-order valence-corrected chi connectivity index (χ0v) is 18.1. The highest BCUT2D eigenvalue weighted by atomic mass is 32.1. The van der Waals surface area contributed by atoms with Crippen molar-refractivity contribution in [1.29, 1.82) is 0 Å². The molecular weight excluding hydrogens is 434 g/mol. The van der Waals surface area contributed by atoms with Gasteiger partial charge in [0.25, 0.3) is 0 Å². The van der Waals surface area contributed by atoms with Crippen LogP contribution in [0.5, 0.6) is 0 Å². The zero-order valence-electron chi connectivity index (χ0n) is 17.2. The number of hydrogen-bond donors (Lipinski definition) is 8. The molecule has 0 aliphatic heterocycles. The van der Waals surface area contributed by atoms with Crippen LogP contribution in [0.15, 0.2) is 0 Å². The molecule has 9 N–H and O–H groups in total. The van der Waals surface area contributed by atoms with Crippen molar-refractivity contribution in [1.82, 2.24) is 16.0 Å². The second-order valence-corrected chi connectivity index (χ2v) is 7.25. The van der Waals surface area contributed by atoms with Gasteiger partial charge in [-0.25, -0.2) is 4.79 Å². The van der Waals surface area contributed by atoms with Crippen LogP contribution in [0, 0.1) is 5.92 Å². The summed E-state index contributed by atoms with van der Waals surface area (Å²) in [6.45, 7) is 3.42. The molecule has 0 spiro atoms. The summed E-state index contributed by atoms with van der Waals surface area (Å²) >= 11 is 3.96. The van der Waals surface area contributed by atoms with E-state index >= 15 is 0 Å². The Kier molecular flexibility index (Phi) is 12.2. The molecule has 0 saturated carbocycles. The van der Waals surface area contributed by atoms with Gasteiger partial charge in [-0.2, -0.15) is 12.6 Å². The second-order valence-electron chi connectivity index (χ2n) is 6.89. The van der Waals surface area contributed by atoms with Crippen molar-refractivity contribution in [2.75, 3.05) is 5.75 Å². The predicted octanol–water partition coefficient (Wildman–Crippen LogP) is -2.82. The van der Waals surface area contributed by atoms with Gasteiger partial charge >= 0.3 is 11.9 Å². The van der Waals surface area contributed by atoms with E-state index in [1.165, 1.54) is 0 Å². The number of primary amides is 1. The topological polar surface area (TPSA) is 231 Å². The van der Waals surface area contributed by atoms with Gasteiger partial charge in [0, 0.05) is 5.75 Å². The van der Waals surface area contributed by atoms with Gasteiger partial charge in [0.1, 0.15) is 18.1 Å². The molecule has 13 nitrogen and oxygen atoms in total. The Balaban J connectivity index is 5.32. The molecular formula is C17H29N5O8S. The number of carboxylic acid groups (broad SMARTS) is 2. The van der Waals surface area contributed by atoms with E-state index in [4.69, 9.17) is 21.7 Å². The van der Waals surface area contributed by atoms with Gasteiger partial charge in [0.15, 0.2) is 0 Å². The van der Waals surface area contributed by atoms with Crippen LogP contribution in [0.3, 0.4) is 0 Å². The third kappa shape index (κ3) is 10.1. The quantitative estimate of drug-likeness (QED) is 0.124. The molecule has 5 atom stereocenters. The number of thiol groups is 1. The molecule has 14 heteroatoms. The van der Waals surface area contributed by atoms with Crippen molar-refractivity contribution in [3.05, 3.63) is 0 Å². The molecule has 0 bridgehead atoms. The summed E-state index contributed by atoms with van der Waals surface area (Å²) in [6, 6.07) is -5.41. The molecule has 0 radical (unpaired) electrons. The molecule has 0 aliphatic rings. The molecule has 31 heavy (non-hydrogen) atoms. The normalized spacial score (nSPS) is 15.5. The maximum Gasteiger partial charge on any atom is 0.326 e. The van der Waals surface area contributed by atoms with Gasteiger partial charge in [-0.3, -0.25) is 24.0 Å². The summed E-state index contributed by atoms with van der Waals surface area (Å²) < 4.78 is 0. The van der Waals surface area contributed by atoms with Gasteiger partial charge in [0.2, 0.25) is 23.6 Å². The van der Waals surface area contributed by atoms with Crippen molar-refractivity contribution in [2.45, 2.75) is 57.3 Å². The van der Waals surface area contributed by atoms with Crippen LogP contribution in [0.2, 0.25) is 0 Å². The average molecular weight is 464 g/mol. The minimum Gasteiger partial charge on any atom is -0.481 e. The Hall–Kier alpha value is -2.87. The lowest BCUT2D eigenvalue weighted by atomic mass is 9.97. The molecule has 0 saturated heterocycles. The first-order chi connectivity index (χ1) is 14.3. The number of carbonyl (C=O) groups is 6. The molecule has 0 aromatic carbocycles. The lowest BCUT2D eigenvalue weighted by Gasteiger charge is -2.27. The number of nitrogens with two attached hydrogens (primary N) is 2. The molecule has 0 fully saturated rings. The predicted molar refractivity (Wildman–Crippen MR) is 111 cm³/mol. The first-order valence-corrected chi connectivity index (χ1v) is 9.97. The smallest absolute Gasteiger partial charge is 0.326 e. The molecule has 0 aromatic heterocycles. The van der Waals surface area contributed by atoms with Gasteiger partial charge in [-0.05, 0) is 5.92 Å². The molecule has 0 aliphatic carbocycles. The third-order valence-electron chi connectivity index (χ3n) is 4.36. The fourth-order valence-corrected chi connectivity index (χ4v) is 2.63. The van der Waals surface area contributed by atoms with Gasteiger partial charge in [-0.1, -0.05) is 20.3 Å². The van der Waals surface area contributed by atoms with Crippen molar-refractivity contribution in [3.8, 4) is 0 Å². The van der Waals surface area contributed by atoms with Crippen LogP contribution in [0.4, 0.5) is 0 Å². The number of aliphatic carboxylic acids is 2. The molecule has 0 heterocycles. The highest BCUT2D eigenvalue weighted by Gasteiger charge is 2.32. The van der Waals surface area contributed by atoms with Crippen LogP contribution < -0.4 is 27.4 Å². The van der Waals surface area contributed by atoms with E-state index in [9.17, 15) is 28.8 Å². The SMILES string of the molecule is CCC(C)C(NC(=O)C(N)CC(N)=O)C(=O)NC(CS)C(=O)NC(CC(=O)O)C(=O)O. The summed E-state index contributed by atoms with van der Waals surface area (Å²) in [6.07, 6.45) is -0.832. The standard InChI is InChI=1S/C17H29N5O8S/c1-3-7(2)13(22-14(26)8(18)4-11(19)23)16(28)21-10(6-31)15(27)20-9(17(29)30)5-12(24)25/h7-10,13,31H,3-6,18H2,1-2H3,(H2,19,23)(H,20,27)(H,21,28)(H,22,26)(H,24,25)(H,29,30). The summed E-state index contributed by atoms with van der Waals surface area (Å²) in [5, 5.41) is 24.6. The number of amides is 4. The lowest BCUT2D eigenvalue weighted by Crippen LogP contribution is -2.59. The highest BCUT2D eigenvalue weighted by molar-refractivity contribution is 7.80. The number of carbonyl (C=O) groups excluding carboxylic acids is 4. The Morgan fingerprint density at radius 2 is 1.45 bits per heavy atom. The van der Waals surface area contributed by atoms with Crippen molar-refractivity contribution in [2.24, 2.45) is 17.4 Å². The lowest BCUT2D eigenvalue weighted by molar-refractivity contribution is -0.147. The van der Waals surface area contributed by atoms with E-state index in [1.54, 1.807) is 13.8 Å². The number of hydrogen-bond acceptors (Lipinski definition) is 8. The molecule has 4 amide bonds. The molecule has 0 aromatic rings. The van der Waals surface area contributed by atoms with E-state index in [1.807, 2.05) is 5.32 Å². The van der Waals surface area contributed by atoms with Crippen LogP contribution >= 0.6 is 12.6 Å². The number of rotatable bonds is 14. The summed E-state index contributed by atoms with van der Waals surface area (Å²) in [4.78, 5) is 70.0. The first kappa shape index (κ1) is 28.1. The molecule has 176 valence electrons. The van der Waals surface area contributed by atoms with Crippen LogP contribution in [-0.4, -0.2) is 75.7 Å². The fraction of sp³-hybridized carbons (Fsp3) is 0.647. The average Bonchev–Trinajstić information content (AvgIpc) is 2.67. The van der Waals surface area contributed by atoms with E-state index in [2.05, 4.69) is 23.3 Å². The van der Waals surface area contributed by atoms with E-state index in [-0.39, 0.29) is 5.75 Å². The minimum atomic E-state index is -1.71. The van der Waals surface area contributed by atoms with Crippen molar-refractivity contribution >= 4 is 48.2 Å². The fourth-order valence-electron chi connectivity index (χ4n) is 2.37. The summed E-state index contributed by atoms with van der Waals surface area (Å²) in [5.41, 5.74) is 10.6.